The largest absolute Gasteiger partial charge is 0.381 e. The molecule has 2 N–H and O–H groups in total. The van der Waals surface area contributed by atoms with Gasteiger partial charge in [-0.3, -0.25) is 0 Å². The van der Waals surface area contributed by atoms with Gasteiger partial charge in [-0.2, -0.15) is 4.31 Å². The number of nitrogens with one attached hydrogen (secondary N) is 2. The number of ether oxygens (including phenoxy) is 1. The number of sulfonamides is 1. The number of halogens is 1. The second-order valence-corrected chi connectivity index (χ2v) is 9.51. The van der Waals surface area contributed by atoms with E-state index in [9.17, 15) is 12.8 Å². The summed E-state index contributed by atoms with van der Waals surface area (Å²) in [5.41, 5.74) is 1.78. The smallest absolute Gasteiger partial charge is 0.211 e. The molecule has 1 aromatic heterocycles. The summed E-state index contributed by atoms with van der Waals surface area (Å²) in [5.74, 6) is -0.388. The van der Waals surface area contributed by atoms with Crippen LogP contribution in [0.25, 0.3) is 0 Å². The van der Waals surface area contributed by atoms with Gasteiger partial charge in [-0.05, 0) is 30.9 Å². The van der Waals surface area contributed by atoms with Crippen molar-refractivity contribution >= 4 is 10.0 Å². The number of aromatic nitrogens is 2. The first-order valence-electron chi connectivity index (χ1n) is 9.88. The Morgan fingerprint density at radius 2 is 2.10 bits per heavy atom. The molecule has 1 aliphatic heterocycles. The van der Waals surface area contributed by atoms with Crippen molar-refractivity contribution < 1.29 is 17.5 Å². The van der Waals surface area contributed by atoms with Gasteiger partial charge in [0, 0.05) is 55.8 Å². The predicted octanol–water partition coefficient (Wildman–Crippen LogP) is 2.52. The lowest BCUT2D eigenvalue weighted by molar-refractivity contribution is 0.0355. The molecule has 29 heavy (non-hydrogen) atoms. The van der Waals surface area contributed by atoms with Crippen LogP contribution in [0.4, 0.5) is 4.39 Å². The Balaban J connectivity index is 1.83. The van der Waals surface area contributed by atoms with E-state index in [-0.39, 0.29) is 12.4 Å². The van der Waals surface area contributed by atoms with E-state index in [1.165, 1.54) is 10.4 Å². The number of hydrogen-bond acceptors (Lipinski definition) is 5. The van der Waals surface area contributed by atoms with Crippen LogP contribution in [0.5, 0.6) is 0 Å². The third-order valence-corrected chi connectivity index (χ3v) is 6.66. The fourth-order valence-corrected chi connectivity index (χ4v) is 4.60. The van der Waals surface area contributed by atoms with Crippen LogP contribution in [0.3, 0.4) is 0 Å². The zero-order valence-corrected chi connectivity index (χ0v) is 17.8. The molecule has 2 aromatic rings. The van der Waals surface area contributed by atoms with E-state index in [1.807, 2.05) is 13.0 Å². The molecule has 1 aromatic carbocycles. The van der Waals surface area contributed by atoms with E-state index in [4.69, 9.17) is 4.74 Å². The fourth-order valence-electron chi connectivity index (χ4n) is 3.71. The lowest BCUT2D eigenvalue weighted by atomic mass is 9.82. The number of imidazole rings is 1. The van der Waals surface area contributed by atoms with Crippen molar-refractivity contribution in [3.63, 3.8) is 0 Å². The van der Waals surface area contributed by atoms with Gasteiger partial charge in [-0.15, -0.1) is 0 Å². The fraction of sp³-hybridized carbons (Fsp3) is 0.550. The maximum absolute atomic E-state index is 15.0. The Morgan fingerprint density at radius 1 is 1.34 bits per heavy atom. The summed E-state index contributed by atoms with van der Waals surface area (Å²) < 4.78 is 45.8. The van der Waals surface area contributed by atoms with Gasteiger partial charge >= 0.3 is 0 Å². The Bertz CT molecular complexity index is 896. The zero-order valence-electron chi connectivity index (χ0n) is 16.9. The molecular weight excluding hydrogens is 395 g/mol. The minimum absolute atomic E-state index is 0.0382. The highest BCUT2D eigenvalue weighted by molar-refractivity contribution is 7.88. The van der Waals surface area contributed by atoms with Crippen LogP contribution >= 0.6 is 0 Å². The summed E-state index contributed by atoms with van der Waals surface area (Å²) in [6, 6.07) is 5.14. The average molecular weight is 425 g/mol. The minimum Gasteiger partial charge on any atom is -0.381 e. The third kappa shape index (κ3) is 5.42. The maximum Gasteiger partial charge on any atom is 0.211 e. The molecule has 1 saturated heterocycles. The average Bonchev–Trinajstić information content (AvgIpc) is 3.21. The topological polar surface area (TPSA) is 87.3 Å². The van der Waals surface area contributed by atoms with Gasteiger partial charge in [-0.25, -0.2) is 17.8 Å². The van der Waals surface area contributed by atoms with Gasteiger partial charge in [-0.1, -0.05) is 19.1 Å². The van der Waals surface area contributed by atoms with Gasteiger partial charge in [0.2, 0.25) is 10.0 Å². The maximum atomic E-state index is 15.0. The molecule has 0 saturated carbocycles. The first-order chi connectivity index (χ1) is 13.8. The quantitative estimate of drug-likeness (QED) is 0.646. The molecule has 0 spiro atoms. The Morgan fingerprint density at radius 3 is 2.69 bits per heavy atom. The SMILES string of the molecule is CCCN(Cc1ccc(C2(NCc3cnc[nH]3)CCOCC2)cc1F)S(C)(=O)=O. The highest BCUT2D eigenvalue weighted by Gasteiger charge is 2.34. The molecule has 7 nitrogen and oxygen atoms in total. The third-order valence-electron chi connectivity index (χ3n) is 5.41. The van der Waals surface area contributed by atoms with Crippen LogP contribution in [0.1, 0.15) is 43.0 Å². The van der Waals surface area contributed by atoms with Crippen molar-refractivity contribution in [2.45, 2.75) is 44.8 Å². The summed E-state index contributed by atoms with van der Waals surface area (Å²) >= 11 is 0. The van der Waals surface area contributed by atoms with Crippen LogP contribution < -0.4 is 5.32 Å². The van der Waals surface area contributed by atoms with E-state index in [0.717, 1.165) is 30.4 Å². The number of rotatable bonds is 9. The Kier molecular flexibility index (Phi) is 7.05. The first kappa shape index (κ1) is 21.9. The van der Waals surface area contributed by atoms with Crippen molar-refractivity contribution in [2.75, 3.05) is 26.0 Å². The van der Waals surface area contributed by atoms with E-state index in [1.54, 1.807) is 18.6 Å². The number of nitrogens with zero attached hydrogens (tertiary/aromatic N) is 2. The summed E-state index contributed by atoms with van der Waals surface area (Å²) in [5, 5.41) is 3.56. The molecule has 3 rings (SSSR count). The summed E-state index contributed by atoms with van der Waals surface area (Å²) in [6.07, 6.45) is 6.68. The van der Waals surface area contributed by atoms with Crippen LogP contribution in [-0.4, -0.2) is 48.7 Å². The number of benzene rings is 1. The summed E-state index contributed by atoms with van der Waals surface area (Å²) in [4.78, 5) is 7.11. The van der Waals surface area contributed by atoms with E-state index in [0.29, 0.717) is 38.3 Å². The van der Waals surface area contributed by atoms with Gasteiger partial charge in [0.05, 0.1) is 12.6 Å². The lowest BCUT2D eigenvalue weighted by Crippen LogP contribution is -2.46. The Hall–Kier alpha value is -1.81. The normalized spacial score (nSPS) is 17.0. The van der Waals surface area contributed by atoms with Crippen molar-refractivity contribution in [1.29, 1.82) is 0 Å². The van der Waals surface area contributed by atoms with Crippen molar-refractivity contribution in [3.05, 3.63) is 53.4 Å². The van der Waals surface area contributed by atoms with Gasteiger partial charge in [0.1, 0.15) is 5.82 Å². The molecule has 0 radical (unpaired) electrons. The molecule has 2 heterocycles. The van der Waals surface area contributed by atoms with Crippen LogP contribution in [0.15, 0.2) is 30.7 Å². The second-order valence-electron chi connectivity index (χ2n) is 7.53. The van der Waals surface area contributed by atoms with Crippen LogP contribution in [0.2, 0.25) is 0 Å². The minimum atomic E-state index is -3.39. The summed E-state index contributed by atoms with van der Waals surface area (Å²) in [7, 11) is -3.39. The first-order valence-corrected chi connectivity index (χ1v) is 11.7. The zero-order chi connectivity index (χ0) is 20.9. The molecule has 0 unspecified atom stereocenters. The highest BCUT2D eigenvalue weighted by atomic mass is 32.2. The lowest BCUT2D eigenvalue weighted by Gasteiger charge is -2.39. The second kappa shape index (κ2) is 9.34. The molecule has 0 atom stereocenters. The number of H-pyrrole nitrogens is 1. The summed E-state index contributed by atoms with van der Waals surface area (Å²) in [6.45, 7) is 4.08. The van der Waals surface area contributed by atoms with Gasteiger partial charge in [0.15, 0.2) is 0 Å². The standard InChI is InChI=1S/C20H29FN4O3S/c1-3-8-25(29(2,26)27)14-16-4-5-17(11-19(16)21)20(6-9-28-10-7-20)24-13-18-12-22-15-23-18/h4-5,11-12,15,24H,3,6-10,13-14H2,1-2H3,(H,22,23). The van der Waals surface area contributed by atoms with E-state index >= 15 is 0 Å². The Labute approximate surface area is 171 Å². The highest BCUT2D eigenvalue weighted by Crippen LogP contribution is 2.33. The van der Waals surface area contributed by atoms with Crippen molar-refractivity contribution in [3.8, 4) is 0 Å². The van der Waals surface area contributed by atoms with Crippen LogP contribution in [0, 0.1) is 5.82 Å². The molecule has 0 amide bonds. The molecule has 9 heteroatoms. The molecule has 1 aliphatic rings. The molecule has 160 valence electrons. The molecule has 1 fully saturated rings. The number of aromatic amines is 1. The van der Waals surface area contributed by atoms with E-state index in [2.05, 4.69) is 15.3 Å². The van der Waals surface area contributed by atoms with Crippen molar-refractivity contribution in [1.82, 2.24) is 19.6 Å². The van der Waals surface area contributed by atoms with Gasteiger partial charge in [0.25, 0.3) is 0 Å². The molecule has 0 aliphatic carbocycles. The van der Waals surface area contributed by atoms with E-state index < -0.39 is 15.6 Å². The number of hydrogen-bond donors (Lipinski definition) is 2. The van der Waals surface area contributed by atoms with Crippen LogP contribution in [-0.2, 0) is 33.4 Å². The van der Waals surface area contributed by atoms with Crippen molar-refractivity contribution in [2.24, 2.45) is 0 Å². The molecule has 0 bridgehead atoms. The van der Waals surface area contributed by atoms with Gasteiger partial charge < -0.3 is 15.0 Å². The molecular formula is C20H29FN4O3S. The predicted molar refractivity (Wildman–Crippen MR) is 109 cm³/mol. The monoisotopic (exact) mass is 424 g/mol.